The Hall–Kier alpha value is -2.68. The SMILES string of the molecule is O=C1CCC(N2Cc3c(SCc4ccc(CCN5CCOCC5)cc4)cccc3C2=O)C(=O)N1. The van der Waals surface area contributed by atoms with Crippen molar-refractivity contribution < 1.29 is 19.1 Å². The Balaban J connectivity index is 1.19. The minimum Gasteiger partial charge on any atom is -0.379 e. The van der Waals surface area contributed by atoms with E-state index < -0.39 is 6.04 Å². The molecule has 8 heteroatoms. The molecule has 2 saturated heterocycles. The number of carbonyl (C=O) groups is 3. The maximum atomic E-state index is 13.0. The van der Waals surface area contributed by atoms with Crippen molar-refractivity contribution >= 4 is 29.5 Å². The highest BCUT2D eigenvalue weighted by atomic mass is 32.2. The molecule has 178 valence electrons. The molecule has 0 aliphatic carbocycles. The molecule has 0 radical (unpaired) electrons. The van der Waals surface area contributed by atoms with Gasteiger partial charge in [0, 0.05) is 48.8 Å². The number of benzene rings is 2. The molecule has 34 heavy (non-hydrogen) atoms. The second-order valence-corrected chi connectivity index (χ2v) is 10.0. The zero-order chi connectivity index (χ0) is 23.5. The third-order valence-electron chi connectivity index (χ3n) is 6.78. The summed E-state index contributed by atoms with van der Waals surface area (Å²) >= 11 is 1.72. The minimum absolute atomic E-state index is 0.128. The van der Waals surface area contributed by atoms with Gasteiger partial charge in [-0.1, -0.05) is 30.3 Å². The van der Waals surface area contributed by atoms with Gasteiger partial charge >= 0.3 is 0 Å². The van der Waals surface area contributed by atoms with Gasteiger partial charge in [-0.15, -0.1) is 11.8 Å². The van der Waals surface area contributed by atoms with E-state index in [9.17, 15) is 14.4 Å². The average Bonchev–Trinajstić information content (AvgIpc) is 3.19. The number of amides is 3. The average molecular weight is 480 g/mol. The molecule has 0 bridgehead atoms. The second-order valence-electron chi connectivity index (χ2n) is 8.99. The summed E-state index contributed by atoms with van der Waals surface area (Å²) in [5.41, 5.74) is 4.22. The maximum absolute atomic E-state index is 13.0. The van der Waals surface area contributed by atoms with Gasteiger partial charge < -0.3 is 9.64 Å². The molecule has 2 aromatic carbocycles. The molecule has 1 atom stereocenters. The first-order chi connectivity index (χ1) is 16.6. The number of fused-ring (bicyclic) bond motifs is 1. The number of morpholine rings is 1. The monoisotopic (exact) mass is 479 g/mol. The molecule has 1 unspecified atom stereocenters. The molecule has 0 spiro atoms. The fourth-order valence-electron chi connectivity index (χ4n) is 4.77. The molecule has 2 aromatic rings. The van der Waals surface area contributed by atoms with Gasteiger partial charge in [0.25, 0.3) is 5.91 Å². The van der Waals surface area contributed by atoms with Crippen molar-refractivity contribution in [1.82, 2.24) is 15.1 Å². The van der Waals surface area contributed by atoms with E-state index in [0.717, 1.165) is 55.5 Å². The Labute approximate surface area is 203 Å². The summed E-state index contributed by atoms with van der Waals surface area (Å²) in [5, 5.41) is 2.36. The van der Waals surface area contributed by atoms with Gasteiger partial charge in [-0.2, -0.15) is 0 Å². The van der Waals surface area contributed by atoms with Crippen molar-refractivity contribution in [2.75, 3.05) is 32.8 Å². The molecular formula is C26H29N3O4S. The highest BCUT2D eigenvalue weighted by molar-refractivity contribution is 7.98. The molecular weight excluding hydrogens is 450 g/mol. The largest absolute Gasteiger partial charge is 0.379 e. The molecule has 5 rings (SSSR count). The van der Waals surface area contributed by atoms with Crippen LogP contribution in [0.1, 0.15) is 39.9 Å². The lowest BCUT2D eigenvalue weighted by Gasteiger charge is -2.29. The van der Waals surface area contributed by atoms with Gasteiger partial charge in [0.15, 0.2) is 0 Å². The maximum Gasteiger partial charge on any atom is 0.255 e. The summed E-state index contributed by atoms with van der Waals surface area (Å²) in [6.07, 6.45) is 1.68. The van der Waals surface area contributed by atoms with Gasteiger partial charge in [0.05, 0.1) is 13.2 Å². The minimum atomic E-state index is -0.583. The molecule has 0 saturated carbocycles. The van der Waals surface area contributed by atoms with Gasteiger partial charge in [-0.3, -0.25) is 24.6 Å². The molecule has 3 aliphatic rings. The van der Waals surface area contributed by atoms with E-state index in [1.54, 1.807) is 16.7 Å². The van der Waals surface area contributed by atoms with Crippen LogP contribution in [0.25, 0.3) is 0 Å². The number of imide groups is 1. The molecule has 2 fully saturated rings. The van der Waals surface area contributed by atoms with E-state index in [1.807, 2.05) is 18.2 Å². The molecule has 1 N–H and O–H groups in total. The molecule has 7 nitrogen and oxygen atoms in total. The summed E-state index contributed by atoms with van der Waals surface area (Å²) in [6, 6.07) is 14.0. The molecule has 0 aromatic heterocycles. The predicted octanol–water partition coefficient (Wildman–Crippen LogP) is 2.61. The number of carbonyl (C=O) groups excluding carboxylic acids is 3. The van der Waals surface area contributed by atoms with Crippen molar-refractivity contribution in [2.24, 2.45) is 0 Å². The van der Waals surface area contributed by atoms with Crippen LogP contribution in [0.15, 0.2) is 47.4 Å². The summed E-state index contributed by atoms with van der Waals surface area (Å²) in [7, 11) is 0. The zero-order valence-corrected chi connectivity index (χ0v) is 19.9. The summed E-state index contributed by atoms with van der Waals surface area (Å²) in [4.78, 5) is 41.9. The fraction of sp³-hybridized carbons (Fsp3) is 0.423. The lowest BCUT2D eigenvalue weighted by molar-refractivity contribution is -0.136. The van der Waals surface area contributed by atoms with Crippen LogP contribution >= 0.6 is 11.8 Å². The van der Waals surface area contributed by atoms with E-state index in [-0.39, 0.29) is 24.1 Å². The highest BCUT2D eigenvalue weighted by Crippen LogP contribution is 2.35. The lowest BCUT2D eigenvalue weighted by Crippen LogP contribution is -2.52. The van der Waals surface area contributed by atoms with Crippen LogP contribution in [0.3, 0.4) is 0 Å². The standard InChI is InChI=1S/C26H29N3O4S/c30-24-9-8-22(25(31)27-24)29-16-21-20(26(29)32)2-1-3-23(21)34-17-19-6-4-18(5-7-19)10-11-28-12-14-33-15-13-28/h1-7,22H,8-17H2,(H,27,30,31). The zero-order valence-electron chi connectivity index (χ0n) is 19.1. The molecule has 3 aliphatic heterocycles. The smallest absolute Gasteiger partial charge is 0.255 e. The predicted molar refractivity (Wildman–Crippen MR) is 129 cm³/mol. The number of hydrogen-bond donors (Lipinski definition) is 1. The van der Waals surface area contributed by atoms with Crippen LogP contribution in [0.2, 0.25) is 0 Å². The number of hydrogen-bond acceptors (Lipinski definition) is 6. The summed E-state index contributed by atoms with van der Waals surface area (Å²) in [5.74, 6) is 0.0398. The topological polar surface area (TPSA) is 79.0 Å². The van der Waals surface area contributed by atoms with Crippen molar-refractivity contribution in [3.05, 3.63) is 64.7 Å². The third kappa shape index (κ3) is 5.04. The number of nitrogens with one attached hydrogen (secondary N) is 1. The summed E-state index contributed by atoms with van der Waals surface area (Å²) in [6.45, 7) is 5.15. The number of ether oxygens (including phenoxy) is 1. The molecule has 3 amide bonds. The fourth-order valence-corrected chi connectivity index (χ4v) is 5.81. The number of thioether (sulfide) groups is 1. The number of nitrogens with zero attached hydrogens (tertiary/aromatic N) is 2. The van der Waals surface area contributed by atoms with Gasteiger partial charge in [-0.05, 0) is 41.7 Å². The lowest BCUT2D eigenvalue weighted by atomic mass is 10.0. The summed E-state index contributed by atoms with van der Waals surface area (Å²) < 4.78 is 5.41. The van der Waals surface area contributed by atoms with E-state index in [0.29, 0.717) is 18.5 Å². The van der Waals surface area contributed by atoms with E-state index in [1.165, 1.54) is 11.1 Å². The van der Waals surface area contributed by atoms with Crippen LogP contribution in [0.4, 0.5) is 0 Å². The van der Waals surface area contributed by atoms with Crippen LogP contribution in [-0.2, 0) is 33.0 Å². The van der Waals surface area contributed by atoms with Crippen LogP contribution in [-0.4, -0.2) is 66.4 Å². The number of piperidine rings is 1. The van der Waals surface area contributed by atoms with Crippen LogP contribution in [0.5, 0.6) is 0 Å². The van der Waals surface area contributed by atoms with Crippen molar-refractivity contribution in [1.29, 1.82) is 0 Å². The van der Waals surface area contributed by atoms with Crippen molar-refractivity contribution in [3.63, 3.8) is 0 Å². The normalized spacial score (nSPS) is 21.0. The highest BCUT2D eigenvalue weighted by Gasteiger charge is 2.39. The van der Waals surface area contributed by atoms with Crippen LogP contribution in [0, 0.1) is 0 Å². The Morgan fingerprint density at radius 2 is 1.76 bits per heavy atom. The van der Waals surface area contributed by atoms with Gasteiger partial charge in [0.2, 0.25) is 11.8 Å². The quantitative estimate of drug-likeness (QED) is 0.486. The second kappa shape index (κ2) is 10.3. The van der Waals surface area contributed by atoms with Crippen molar-refractivity contribution in [3.8, 4) is 0 Å². The third-order valence-corrected chi connectivity index (χ3v) is 7.95. The Kier molecular flexibility index (Phi) is 6.99. The molecule has 3 heterocycles. The Morgan fingerprint density at radius 3 is 2.53 bits per heavy atom. The Morgan fingerprint density at radius 1 is 1.00 bits per heavy atom. The Bertz CT molecular complexity index is 1080. The van der Waals surface area contributed by atoms with E-state index >= 15 is 0 Å². The van der Waals surface area contributed by atoms with E-state index in [2.05, 4.69) is 34.5 Å². The number of rotatable bonds is 7. The van der Waals surface area contributed by atoms with Gasteiger partial charge in [0.1, 0.15) is 6.04 Å². The van der Waals surface area contributed by atoms with Crippen molar-refractivity contribution in [2.45, 2.75) is 42.5 Å². The van der Waals surface area contributed by atoms with Gasteiger partial charge in [-0.25, -0.2) is 0 Å². The van der Waals surface area contributed by atoms with Crippen LogP contribution < -0.4 is 5.32 Å². The first kappa shape index (κ1) is 23.1. The first-order valence-corrected chi connectivity index (χ1v) is 12.8. The first-order valence-electron chi connectivity index (χ1n) is 11.9. The van der Waals surface area contributed by atoms with E-state index in [4.69, 9.17) is 4.74 Å².